The summed E-state index contributed by atoms with van der Waals surface area (Å²) in [6, 6.07) is 0. The zero-order valence-corrected chi connectivity index (χ0v) is 7.85. The Kier molecular flexibility index (Phi) is 4.62. The van der Waals surface area contributed by atoms with Gasteiger partial charge in [0, 0.05) is 0 Å². The van der Waals surface area contributed by atoms with Gasteiger partial charge >= 0.3 is 0 Å². The first kappa shape index (κ1) is 10.0. The third-order valence-electron chi connectivity index (χ3n) is 1.20. The van der Waals surface area contributed by atoms with Crippen molar-refractivity contribution in [2.24, 2.45) is 0 Å². The van der Waals surface area contributed by atoms with E-state index in [1.54, 1.807) is 6.08 Å². The number of hydrogen-bond donors (Lipinski definition) is 0. The van der Waals surface area contributed by atoms with Crippen LogP contribution >= 0.6 is 0 Å². The van der Waals surface area contributed by atoms with Crippen molar-refractivity contribution in [2.75, 3.05) is 6.61 Å². The van der Waals surface area contributed by atoms with E-state index in [2.05, 4.69) is 47.4 Å². The maximum atomic E-state index is 4.87. The van der Waals surface area contributed by atoms with Gasteiger partial charge in [-0.05, 0) is 48.5 Å². The fourth-order valence-corrected chi connectivity index (χ4v) is 0.534. The predicted molar refractivity (Wildman–Crippen MR) is 55.7 cm³/mol. The van der Waals surface area contributed by atoms with Crippen LogP contribution in [0.1, 0.15) is 6.92 Å². The Morgan fingerprint density at radius 2 is 1.71 bits per heavy atom. The van der Waals surface area contributed by atoms with Gasteiger partial charge in [-0.2, -0.15) is 0 Å². The van der Waals surface area contributed by atoms with Crippen LogP contribution in [-0.2, 0) is 4.74 Å². The minimum absolute atomic E-state index is 0.103. The molecule has 0 radical (unpaired) electrons. The lowest BCUT2D eigenvalue weighted by atomic mass is 10.4. The molecular weight excluding hydrogens is 172 g/mol. The van der Waals surface area contributed by atoms with Crippen molar-refractivity contribution in [3.8, 4) is 47.4 Å². The maximum Gasteiger partial charge on any atom is 0.142 e. The number of hydrogen-bond acceptors (Lipinski definition) is 1. The van der Waals surface area contributed by atoms with E-state index < -0.39 is 0 Å². The lowest BCUT2D eigenvalue weighted by Crippen LogP contribution is -1.71. The highest BCUT2D eigenvalue weighted by Gasteiger charge is 2.18. The first-order chi connectivity index (χ1) is 6.93. The van der Waals surface area contributed by atoms with Crippen LogP contribution in [-0.4, -0.2) is 12.7 Å². The Morgan fingerprint density at radius 1 is 1.07 bits per heavy atom. The largest absolute Gasteiger partial charge is 0.359 e. The smallest absolute Gasteiger partial charge is 0.142 e. The topological polar surface area (TPSA) is 12.5 Å². The van der Waals surface area contributed by atoms with Crippen LogP contribution in [0.25, 0.3) is 0 Å². The molecule has 0 aliphatic carbocycles. The zero-order valence-electron chi connectivity index (χ0n) is 7.85. The highest BCUT2D eigenvalue weighted by Crippen LogP contribution is 2.04. The molecule has 1 heteroatoms. The van der Waals surface area contributed by atoms with Gasteiger partial charge in [-0.1, -0.05) is 17.9 Å². The van der Waals surface area contributed by atoms with Crippen molar-refractivity contribution < 1.29 is 4.74 Å². The Bertz CT molecular complexity index is 448. The summed E-state index contributed by atoms with van der Waals surface area (Å²) in [5.41, 5.74) is 0. The van der Waals surface area contributed by atoms with Crippen molar-refractivity contribution in [3.63, 3.8) is 0 Å². The first-order valence-electron chi connectivity index (χ1n) is 4.17. The molecule has 14 heavy (non-hydrogen) atoms. The Balaban J connectivity index is 2.31. The maximum absolute atomic E-state index is 4.87. The second kappa shape index (κ2) is 6.46. The van der Waals surface area contributed by atoms with Crippen molar-refractivity contribution in [1.82, 2.24) is 0 Å². The number of epoxide rings is 1. The molecule has 1 atom stereocenters. The summed E-state index contributed by atoms with van der Waals surface area (Å²) in [7, 11) is 0. The SMILES string of the molecule is C/C=C/C#CC#CC#CC#C[C@H]1CO1. The second-order valence-electron chi connectivity index (χ2n) is 2.36. The first-order valence-corrected chi connectivity index (χ1v) is 4.17. The predicted octanol–water partition coefficient (Wildman–Crippen LogP) is 0.975. The Hall–Kier alpha value is -2.06. The van der Waals surface area contributed by atoms with Gasteiger partial charge in [-0.3, -0.25) is 0 Å². The van der Waals surface area contributed by atoms with E-state index >= 15 is 0 Å². The van der Waals surface area contributed by atoms with Gasteiger partial charge in [0.2, 0.25) is 0 Å². The van der Waals surface area contributed by atoms with Crippen molar-refractivity contribution in [2.45, 2.75) is 13.0 Å². The average Bonchev–Trinajstić information content (AvgIpc) is 2.99. The monoisotopic (exact) mass is 180 g/mol. The van der Waals surface area contributed by atoms with Crippen LogP contribution < -0.4 is 0 Å². The van der Waals surface area contributed by atoms with Gasteiger partial charge in [-0.15, -0.1) is 0 Å². The van der Waals surface area contributed by atoms with E-state index in [4.69, 9.17) is 4.74 Å². The number of ether oxygens (including phenoxy) is 1. The summed E-state index contributed by atoms with van der Waals surface area (Å²) in [5.74, 6) is 21.1. The van der Waals surface area contributed by atoms with Crippen LogP contribution in [0, 0.1) is 47.4 Å². The lowest BCUT2D eigenvalue weighted by molar-refractivity contribution is 0.445. The highest BCUT2D eigenvalue weighted by atomic mass is 16.6. The quantitative estimate of drug-likeness (QED) is 0.400. The molecular formula is C13H8O. The van der Waals surface area contributed by atoms with Gasteiger partial charge in [-0.25, -0.2) is 0 Å². The van der Waals surface area contributed by atoms with Gasteiger partial charge in [0.1, 0.15) is 6.10 Å². The van der Waals surface area contributed by atoms with Crippen molar-refractivity contribution >= 4 is 0 Å². The third kappa shape index (κ3) is 5.57. The fourth-order valence-electron chi connectivity index (χ4n) is 0.534. The molecule has 1 saturated heterocycles. The molecule has 0 N–H and O–H groups in total. The zero-order chi connectivity index (χ0) is 10.1. The van der Waals surface area contributed by atoms with Crippen LogP contribution in [0.3, 0.4) is 0 Å². The highest BCUT2D eigenvalue weighted by molar-refractivity contribution is 5.41. The van der Waals surface area contributed by atoms with Crippen molar-refractivity contribution in [1.29, 1.82) is 0 Å². The van der Waals surface area contributed by atoms with Crippen LogP contribution in [0.5, 0.6) is 0 Å². The summed E-state index contributed by atoms with van der Waals surface area (Å²) < 4.78 is 4.87. The van der Waals surface area contributed by atoms with Crippen molar-refractivity contribution in [3.05, 3.63) is 12.2 Å². The minimum Gasteiger partial charge on any atom is -0.359 e. The molecule has 0 aromatic carbocycles. The van der Waals surface area contributed by atoms with Crippen LogP contribution in [0.4, 0.5) is 0 Å². The van der Waals surface area contributed by atoms with E-state index in [-0.39, 0.29) is 6.10 Å². The van der Waals surface area contributed by atoms with E-state index in [1.807, 2.05) is 13.0 Å². The van der Waals surface area contributed by atoms with E-state index in [9.17, 15) is 0 Å². The lowest BCUT2D eigenvalue weighted by Gasteiger charge is -1.61. The summed E-state index contributed by atoms with van der Waals surface area (Å²) >= 11 is 0. The van der Waals surface area contributed by atoms with Crippen LogP contribution in [0.2, 0.25) is 0 Å². The summed E-state index contributed by atoms with van der Waals surface area (Å²) in [5, 5.41) is 0. The number of allylic oxidation sites excluding steroid dienone is 2. The van der Waals surface area contributed by atoms with Crippen LogP contribution in [0.15, 0.2) is 12.2 Å². The molecule has 1 heterocycles. The summed E-state index contributed by atoms with van der Waals surface area (Å²) in [6.45, 7) is 2.63. The van der Waals surface area contributed by atoms with E-state index in [1.165, 1.54) is 0 Å². The molecule has 0 aromatic rings. The summed E-state index contributed by atoms with van der Waals surface area (Å²) in [4.78, 5) is 0. The Labute approximate surface area is 84.5 Å². The molecule has 0 unspecified atom stereocenters. The molecule has 1 nitrogen and oxygen atoms in total. The normalized spacial score (nSPS) is 15.9. The molecule has 66 valence electrons. The molecule has 0 spiro atoms. The number of rotatable bonds is 0. The van der Waals surface area contributed by atoms with E-state index in [0.29, 0.717) is 0 Å². The van der Waals surface area contributed by atoms with Gasteiger partial charge in [0.25, 0.3) is 0 Å². The molecule has 0 aromatic heterocycles. The molecule has 0 amide bonds. The molecule has 0 saturated carbocycles. The third-order valence-corrected chi connectivity index (χ3v) is 1.20. The molecule has 1 rings (SSSR count). The van der Waals surface area contributed by atoms with E-state index in [0.717, 1.165) is 6.61 Å². The van der Waals surface area contributed by atoms with Gasteiger partial charge < -0.3 is 4.74 Å². The molecule has 0 bridgehead atoms. The Morgan fingerprint density at radius 3 is 2.36 bits per heavy atom. The van der Waals surface area contributed by atoms with Gasteiger partial charge in [0.15, 0.2) is 0 Å². The van der Waals surface area contributed by atoms with Gasteiger partial charge in [0.05, 0.1) is 6.61 Å². The molecule has 1 fully saturated rings. The molecule has 1 aliphatic heterocycles. The summed E-state index contributed by atoms with van der Waals surface area (Å²) in [6.07, 6.45) is 3.68. The average molecular weight is 180 g/mol. The molecule has 1 aliphatic rings. The fraction of sp³-hybridized carbons (Fsp3) is 0.231. The second-order valence-corrected chi connectivity index (χ2v) is 2.36. The standard InChI is InChI=1S/C13H8O/c1-2-3-4-5-6-7-8-9-10-11-13-12-14-13/h2-3,13H,12H2,1H3/b3-2+/t13-/m0/s1. The minimum atomic E-state index is 0.103.